The van der Waals surface area contributed by atoms with Crippen LogP contribution in [0.5, 0.6) is 11.5 Å². The van der Waals surface area contributed by atoms with Crippen molar-refractivity contribution in [1.82, 2.24) is 4.98 Å². The van der Waals surface area contributed by atoms with Gasteiger partial charge in [-0.3, -0.25) is 4.98 Å². The molecule has 1 heterocycles. The van der Waals surface area contributed by atoms with Crippen LogP contribution in [0.4, 0.5) is 13.2 Å². The lowest BCUT2D eigenvalue weighted by atomic mass is 9.95. The normalized spacial score (nSPS) is 12.2. The van der Waals surface area contributed by atoms with Gasteiger partial charge in [-0.2, -0.15) is 13.2 Å². The Morgan fingerprint density at radius 3 is 2.28 bits per heavy atom. The molecule has 32 heavy (non-hydrogen) atoms. The molecule has 0 atom stereocenters. The summed E-state index contributed by atoms with van der Waals surface area (Å²) in [5, 5.41) is 5.48. The molecule has 0 aliphatic heterocycles. The molecule has 0 saturated heterocycles. The van der Waals surface area contributed by atoms with Gasteiger partial charge in [0.15, 0.2) is 0 Å². The van der Waals surface area contributed by atoms with Gasteiger partial charge in [-0.15, -0.1) is 0 Å². The van der Waals surface area contributed by atoms with Crippen molar-refractivity contribution in [1.29, 1.82) is 0 Å². The van der Waals surface area contributed by atoms with Gasteiger partial charge in [0, 0.05) is 11.6 Å². The fourth-order valence-electron chi connectivity index (χ4n) is 3.48. The van der Waals surface area contributed by atoms with Crippen molar-refractivity contribution >= 4 is 20.9 Å². The van der Waals surface area contributed by atoms with Gasteiger partial charge in [-0.25, -0.2) is 13.6 Å². The third kappa shape index (κ3) is 4.30. The van der Waals surface area contributed by atoms with Gasteiger partial charge in [-0.05, 0) is 66.1 Å². The summed E-state index contributed by atoms with van der Waals surface area (Å²) < 4.78 is 69.0. The quantitative estimate of drug-likeness (QED) is 0.427. The number of aromatic nitrogens is 1. The highest BCUT2D eigenvalue weighted by molar-refractivity contribution is 7.89. The maximum atomic E-state index is 13.5. The molecule has 0 saturated carbocycles. The van der Waals surface area contributed by atoms with Gasteiger partial charge in [0.25, 0.3) is 0 Å². The van der Waals surface area contributed by atoms with E-state index in [0.717, 1.165) is 6.07 Å². The Hall–Kier alpha value is -3.43. The number of nitrogens with zero attached hydrogens (tertiary/aromatic N) is 1. The summed E-state index contributed by atoms with van der Waals surface area (Å²) in [6, 6.07) is 16.5. The van der Waals surface area contributed by atoms with Crippen molar-refractivity contribution in [2.75, 3.05) is 0 Å². The van der Waals surface area contributed by atoms with Crippen LogP contribution in [0.25, 0.3) is 22.0 Å². The molecule has 9 heteroatoms. The van der Waals surface area contributed by atoms with Gasteiger partial charge in [0.2, 0.25) is 10.0 Å². The van der Waals surface area contributed by atoms with Gasteiger partial charge in [0.05, 0.1) is 16.0 Å². The number of hydrogen-bond donors (Lipinski definition) is 1. The SMILES string of the molecule is Cc1cnc2c(C(F)(F)F)cccc2c1-c1cccc(Oc2ccc(S(N)(=O)=O)cc2)c1. The second-order valence-electron chi connectivity index (χ2n) is 7.16. The molecular formula is C23H17F3N2O3S. The molecule has 0 aliphatic carbocycles. The van der Waals surface area contributed by atoms with Crippen molar-refractivity contribution in [2.45, 2.75) is 18.0 Å². The summed E-state index contributed by atoms with van der Waals surface area (Å²) in [5.74, 6) is 0.812. The molecule has 0 bridgehead atoms. The van der Waals surface area contributed by atoms with Crippen molar-refractivity contribution in [3.05, 3.63) is 84.1 Å². The third-order valence-electron chi connectivity index (χ3n) is 4.90. The van der Waals surface area contributed by atoms with Crippen LogP contribution >= 0.6 is 0 Å². The number of nitrogens with two attached hydrogens (primary N) is 1. The number of para-hydroxylation sites is 1. The van der Waals surface area contributed by atoms with Crippen LogP contribution in [0, 0.1) is 6.92 Å². The molecule has 0 amide bonds. The lowest BCUT2D eigenvalue weighted by molar-refractivity contribution is -0.136. The highest BCUT2D eigenvalue weighted by atomic mass is 32.2. The molecular weight excluding hydrogens is 441 g/mol. The van der Waals surface area contributed by atoms with Crippen molar-refractivity contribution < 1.29 is 26.3 Å². The molecule has 164 valence electrons. The predicted octanol–water partition coefficient (Wildman–Crippen LogP) is 5.67. The van der Waals surface area contributed by atoms with Crippen LogP contribution in [0.1, 0.15) is 11.1 Å². The number of aryl methyl sites for hydroxylation is 1. The average molecular weight is 458 g/mol. The second-order valence-corrected chi connectivity index (χ2v) is 8.72. The van der Waals surface area contributed by atoms with E-state index in [2.05, 4.69) is 4.98 Å². The minimum Gasteiger partial charge on any atom is -0.457 e. The van der Waals surface area contributed by atoms with E-state index < -0.39 is 21.8 Å². The molecule has 5 nitrogen and oxygen atoms in total. The fourth-order valence-corrected chi connectivity index (χ4v) is 4.00. The number of benzene rings is 3. The Bertz CT molecular complexity index is 1420. The van der Waals surface area contributed by atoms with E-state index in [4.69, 9.17) is 9.88 Å². The Morgan fingerprint density at radius 2 is 1.62 bits per heavy atom. The van der Waals surface area contributed by atoms with E-state index in [1.54, 1.807) is 37.3 Å². The number of primary sulfonamides is 1. The fraction of sp³-hybridized carbons (Fsp3) is 0.0870. The van der Waals surface area contributed by atoms with E-state index in [9.17, 15) is 21.6 Å². The second kappa shape index (κ2) is 7.92. The number of fused-ring (bicyclic) bond motifs is 1. The minimum absolute atomic E-state index is 0.0436. The Labute approximate surface area is 182 Å². The summed E-state index contributed by atoms with van der Waals surface area (Å²) in [6.45, 7) is 1.78. The number of hydrogen-bond acceptors (Lipinski definition) is 4. The lowest BCUT2D eigenvalue weighted by Gasteiger charge is -2.15. The summed E-state index contributed by atoms with van der Waals surface area (Å²) in [6.07, 6.45) is -3.10. The van der Waals surface area contributed by atoms with Gasteiger partial charge < -0.3 is 4.74 Å². The smallest absolute Gasteiger partial charge is 0.418 e. The van der Waals surface area contributed by atoms with E-state index >= 15 is 0 Å². The first-order valence-corrected chi connectivity index (χ1v) is 11.0. The number of ether oxygens (including phenoxy) is 1. The maximum absolute atomic E-state index is 13.5. The largest absolute Gasteiger partial charge is 0.457 e. The zero-order chi connectivity index (χ0) is 23.1. The molecule has 1 aromatic heterocycles. The first kappa shape index (κ1) is 21.8. The highest BCUT2D eigenvalue weighted by Crippen LogP contribution is 2.39. The molecule has 0 unspecified atom stereocenters. The topological polar surface area (TPSA) is 82.3 Å². The van der Waals surface area contributed by atoms with Crippen LogP contribution in [-0.4, -0.2) is 13.4 Å². The maximum Gasteiger partial charge on any atom is 0.418 e. The van der Waals surface area contributed by atoms with Crippen LogP contribution in [0.15, 0.2) is 77.8 Å². The van der Waals surface area contributed by atoms with Gasteiger partial charge in [-0.1, -0.05) is 24.3 Å². The molecule has 0 spiro atoms. The van der Waals surface area contributed by atoms with Crippen LogP contribution < -0.4 is 9.88 Å². The number of halogens is 3. The highest BCUT2D eigenvalue weighted by Gasteiger charge is 2.33. The summed E-state index contributed by atoms with van der Waals surface area (Å²) in [5.41, 5.74) is 1.08. The number of alkyl halides is 3. The number of sulfonamides is 1. The number of pyridine rings is 1. The molecule has 2 N–H and O–H groups in total. The van der Waals surface area contributed by atoms with Gasteiger partial charge >= 0.3 is 6.18 Å². The third-order valence-corrected chi connectivity index (χ3v) is 5.83. The molecule has 4 aromatic rings. The van der Waals surface area contributed by atoms with E-state index in [1.807, 2.05) is 0 Å². The van der Waals surface area contributed by atoms with Crippen LogP contribution in [0.3, 0.4) is 0 Å². The van der Waals surface area contributed by atoms with Crippen LogP contribution in [-0.2, 0) is 16.2 Å². The predicted molar refractivity (Wildman–Crippen MR) is 115 cm³/mol. The zero-order valence-electron chi connectivity index (χ0n) is 16.7. The Balaban J connectivity index is 1.76. The Kier molecular flexibility index (Phi) is 5.39. The average Bonchev–Trinajstić information content (AvgIpc) is 2.72. The van der Waals surface area contributed by atoms with Gasteiger partial charge in [0.1, 0.15) is 11.5 Å². The van der Waals surface area contributed by atoms with Crippen molar-refractivity contribution in [3.8, 4) is 22.6 Å². The van der Waals surface area contributed by atoms with E-state index in [0.29, 0.717) is 33.6 Å². The molecule has 0 aliphatic rings. The van der Waals surface area contributed by atoms with Crippen molar-refractivity contribution in [2.24, 2.45) is 5.14 Å². The van der Waals surface area contributed by atoms with Crippen molar-refractivity contribution in [3.63, 3.8) is 0 Å². The number of rotatable bonds is 4. The van der Waals surface area contributed by atoms with E-state index in [-0.39, 0.29) is 10.4 Å². The molecule has 0 radical (unpaired) electrons. The molecule has 0 fully saturated rings. The first-order valence-electron chi connectivity index (χ1n) is 9.41. The Morgan fingerprint density at radius 1 is 0.938 bits per heavy atom. The van der Waals surface area contributed by atoms with Crippen LogP contribution in [0.2, 0.25) is 0 Å². The zero-order valence-corrected chi connectivity index (χ0v) is 17.5. The summed E-state index contributed by atoms with van der Waals surface area (Å²) >= 11 is 0. The summed E-state index contributed by atoms with van der Waals surface area (Å²) in [7, 11) is -3.82. The van der Waals surface area contributed by atoms with E-state index in [1.165, 1.54) is 36.5 Å². The first-order chi connectivity index (χ1) is 15.0. The minimum atomic E-state index is -4.52. The standard InChI is InChI=1S/C23H17F3N2O3S/c1-14-13-28-22-19(6-3-7-20(22)23(24,25)26)21(14)15-4-2-5-17(12-15)31-16-8-10-18(11-9-16)32(27,29)30/h2-13H,1H3,(H2,27,29,30). The monoisotopic (exact) mass is 458 g/mol. The molecule has 4 rings (SSSR count). The summed E-state index contributed by atoms with van der Waals surface area (Å²) in [4.78, 5) is 4.00. The molecule has 3 aromatic carbocycles. The lowest BCUT2D eigenvalue weighted by Crippen LogP contribution is -2.11.